The summed E-state index contributed by atoms with van der Waals surface area (Å²) < 4.78 is 78.8. The number of halogens is 7. The second-order valence-electron chi connectivity index (χ2n) is 6.71. The molecule has 1 heterocycles. The lowest BCUT2D eigenvalue weighted by molar-refractivity contribution is -0.138. The van der Waals surface area contributed by atoms with Gasteiger partial charge in [-0.25, -0.2) is 0 Å². The Labute approximate surface area is 178 Å². The van der Waals surface area contributed by atoms with Crippen molar-refractivity contribution < 1.29 is 26.3 Å². The van der Waals surface area contributed by atoms with Crippen molar-refractivity contribution in [3.63, 3.8) is 0 Å². The Morgan fingerprint density at radius 3 is 2.16 bits per heavy atom. The van der Waals surface area contributed by atoms with Gasteiger partial charge in [0.25, 0.3) is 0 Å². The second kappa shape index (κ2) is 8.66. The van der Waals surface area contributed by atoms with E-state index in [-0.39, 0.29) is 34.9 Å². The van der Waals surface area contributed by atoms with Gasteiger partial charge in [-0.15, -0.1) is 0 Å². The molecule has 0 saturated carbocycles. The molecule has 3 aromatic rings. The molecule has 0 unspecified atom stereocenters. The van der Waals surface area contributed by atoms with Crippen LogP contribution in [0.15, 0.2) is 54.7 Å². The number of rotatable bonds is 5. The largest absolute Gasteiger partial charge is 0.417 e. The molecular weight excluding hydrogens is 444 g/mol. The van der Waals surface area contributed by atoms with Gasteiger partial charge in [-0.05, 0) is 41.5 Å². The first-order valence-corrected chi connectivity index (χ1v) is 9.35. The van der Waals surface area contributed by atoms with Crippen LogP contribution in [0.5, 0.6) is 0 Å². The summed E-state index contributed by atoms with van der Waals surface area (Å²) in [5.74, 6) is 0. The molecule has 0 aliphatic rings. The van der Waals surface area contributed by atoms with Crippen molar-refractivity contribution in [3.8, 4) is 11.1 Å². The summed E-state index contributed by atoms with van der Waals surface area (Å²) in [6.07, 6.45) is -8.36. The molecule has 3 N–H and O–H groups in total. The third-order valence-corrected chi connectivity index (χ3v) is 4.81. The number of anilines is 2. The number of aromatic nitrogens is 1. The normalized spacial score (nSPS) is 12.1. The van der Waals surface area contributed by atoms with E-state index in [0.717, 1.165) is 12.1 Å². The van der Waals surface area contributed by atoms with Crippen molar-refractivity contribution in [2.75, 3.05) is 17.6 Å². The minimum Gasteiger partial charge on any atom is -0.399 e. The lowest BCUT2D eigenvalue weighted by Crippen LogP contribution is -2.11. The molecular formula is C21H16ClF6N3. The number of hydrogen-bond donors (Lipinski definition) is 2. The molecule has 0 bridgehead atoms. The number of benzene rings is 2. The van der Waals surface area contributed by atoms with Gasteiger partial charge in [0.1, 0.15) is 0 Å². The van der Waals surface area contributed by atoms with E-state index < -0.39 is 23.5 Å². The van der Waals surface area contributed by atoms with E-state index in [9.17, 15) is 26.3 Å². The van der Waals surface area contributed by atoms with Gasteiger partial charge in [0.15, 0.2) is 0 Å². The van der Waals surface area contributed by atoms with Gasteiger partial charge in [0.05, 0.1) is 21.8 Å². The van der Waals surface area contributed by atoms with E-state index in [1.165, 1.54) is 36.4 Å². The fraction of sp³-hybridized carbons (Fsp3) is 0.190. The topological polar surface area (TPSA) is 50.9 Å². The highest BCUT2D eigenvalue weighted by molar-refractivity contribution is 6.31. The van der Waals surface area contributed by atoms with E-state index in [1.54, 1.807) is 0 Å². The molecule has 0 aliphatic carbocycles. The van der Waals surface area contributed by atoms with E-state index in [2.05, 4.69) is 10.3 Å². The number of nitrogens with two attached hydrogens (primary N) is 1. The molecule has 3 nitrogen and oxygen atoms in total. The Bertz CT molecular complexity index is 1060. The van der Waals surface area contributed by atoms with Crippen LogP contribution in [-0.4, -0.2) is 11.5 Å². The van der Waals surface area contributed by atoms with Crippen LogP contribution in [0.4, 0.5) is 37.7 Å². The summed E-state index contributed by atoms with van der Waals surface area (Å²) in [7, 11) is 0. The van der Waals surface area contributed by atoms with E-state index >= 15 is 0 Å². The van der Waals surface area contributed by atoms with Crippen molar-refractivity contribution in [1.82, 2.24) is 4.98 Å². The maximum Gasteiger partial charge on any atom is 0.417 e. The van der Waals surface area contributed by atoms with Crippen molar-refractivity contribution in [2.45, 2.75) is 18.8 Å². The zero-order valence-electron chi connectivity index (χ0n) is 15.8. The number of alkyl halides is 6. The molecule has 0 spiro atoms. The van der Waals surface area contributed by atoms with Gasteiger partial charge in [-0.2, -0.15) is 26.3 Å². The molecule has 10 heteroatoms. The van der Waals surface area contributed by atoms with Crippen LogP contribution in [0.25, 0.3) is 11.1 Å². The molecule has 0 fully saturated rings. The molecule has 0 radical (unpaired) electrons. The predicted octanol–water partition coefficient (Wildman–Crippen LogP) is 6.68. The molecule has 0 atom stereocenters. The van der Waals surface area contributed by atoms with Crippen molar-refractivity contribution in [3.05, 3.63) is 76.6 Å². The average Bonchev–Trinajstić information content (AvgIpc) is 2.68. The Hall–Kier alpha value is -2.94. The molecule has 1 aromatic heterocycles. The Morgan fingerprint density at radius 1 is 0.903 bits per heavy atom. The van der Waals surface area contributed by atoms with Gasteiger partial charge >= 0.3 is 12.4 Å². The van der Waals surface area contributed by atoms with Crippen LogP contribution in [0.1, 0.15) is 16.8 Å². The summed E-state index contributed by atoms with van der Waals surface area (Å²) in [6.45, 7) is 0.122. The van der Waals surface area contributed by atoms with Crippen molar-refractivity contribution in [1.29, 1.82) is 0 Å². The van der Waals surface area contributed by atoms with Gasteiger partial charge in [0, 0.05) is 30.5 Å². The number of nitrogens with one attached hydrogen (secondary N) is 1. The number of nitrogen functional groups attached to an aromatic ring is 1. The van der Waals surface area contributed by atoms with E-state index in [0.29, 0.717) is 17.4 Å². The van der Waals surface area contributed by atoms with Crippen LogP contribution < -0.4 is 11.1 Å². The standard InChI is InChI=1S/C21H16ClF6N3/c22-18-9-13(20(23,24)25)11-31-19(18)7-8-30-15-5-6-16(17(10-15)21(26,27)28)12-1-3-14(29)4-2-12/h1-6,9-11,30H,7-8,29H2. The van der Waals surface area contributed by atoms with Crippen LogP contribution in [0.2, 0.25) is 5.02 Å². The fourth-order valence-electron chi connectivity index (χ4n) is 2.93. The first-order valence-electron chi connectivity index (χ1n) is 8.98. The Balaban J connectivity index is 1.76. The zero-order chi connectivity index (χ0) is 22.8. The maximum atomic E-state index is 13.6. The molecule has 0 amide bonds. The lowest BCUT2D eigenvalue weighted by Gasteiger charge is -2.16. The minimum atomic E-state index is -4.59. The molecule has 3 rings (SSSR count). The minimum absolute atomic E-state index is 0.00509. The number of pyridine rings is 1. The molecule has 2 aromatic carbocycles. The second-order valence-corrected chi connectivity index (χ2v) is 7.11. The number of nitrogens with zero attached hydrogens (tertiary/aromatic N) is 1. The van der Waals surface area contributed by atoms with Crippen LogP contribution in [-0.2, 0) is 18.8 Å². The van der Waals surface area contributed by atoms with Gasteiger partial charge < -0.3 is 11.1 Å². The summed E-state index contributed by atoms with van der Waals surface area (Å²) in [6, 6.07) is 10.6. The SMILES string of the molecule is Nc1ccc(-c2ccc(NCCc3ncc(C(F)(F)F)cc3Cl)cc2C(F)(F)F)cc1. The average molecular weight is 460 g/mol. The summed E-state index contributed by atoms with van der Waals surface area (Å²) in [4.78, 5) is 3.71. The highest BCUT2D eigenvalue weighted by Crippen LogP contribution is 2.39. The van der Waals surface area contributed by atoms with Crippen LogP contribution in [0, 0.1) is 0 Å². The van der Waals surface area contributed by atoms with Crippen LogP contribution in [0.3, 0.4) is 0 Å². The highest BCUT2D eigenvalue weighted by Gasteiger charge is 2.34. The smallest absolute Gasteiger partial charge is 0.399 e. The van der Waals surface area contributed by atoms with E-state index in [1.807, 2.05) is 0 Å². The number of hydrogen-bond acceptors (Lipinski definition) is 3. The summed E-state index contributed by atoms with van der Waals surface area (Å²) in [5.41, 5.74) is 5.02. The Kier molecular flexibility index (Phi) is 6.35. The monoisotopic (exact) mass is 459 g/mol. The highest BCUT2D eigenvalue weighted by atomic mass is 35.5. The zero-order valence-corrected chi connectivity index (χ0v) is 16.5. The Morgan fingerprint density at radius 2 is 1.58 bits per heavy atom. The van der Waals surface area contributed by atoms with Gasteiger partial charge in [0.2, 0.25) is 0 Å². The van der Waals surface area contributed by atoms with Gasteiger partial charge in [-0.3, -0.25) is 4.98 Å². The van der Waals surface area contributed by atoms with Crippen molar-refractivity contribution in [2.24, 2.45) is 0 Å². The first kappa shape index (κ1) is 22.7. The quantitative estimate of drug-likeness (QED) is 0.330. The first-order chi connectivity index (χ1) is 14.4. The lowest BCUT2D eigenvalue weighted by atomic mass is 9.98. The maximum absolute atomic E-state index is 13.6. The summed E-state index contributed by atoms with van der Waals surface area (Å²) >= 11 is 5.85. The molecule has 31 heavy (non-hydrogen) atoms. The summed E-state index contributed by atoms with van der Waals surface area (Å²) in [5, 5.41) is 2.66. The third kappa shape index (κ3) is 5.61. The molecule has 0 aliphatic heterocycles. The van der Waals surface area contributed by atoms with Crippen LogP contribution >= 0.6 is 11.6 Å². The van der Waals surface area contributed by atoms with Gasteiger partial charge in [-0.1, -0.05) is 29.8 Å². The van der Waals surface area contributed by atoms with Crippen molar-refractivity contribution >= 4 is 23.0 Å². The fourth-order valence-corrected chi connectivity index (χ4v) is 3.19. The van der Waals surface area contributed by atoms with E-state index in [4.69, 9.17) is 17.3 Å². The molecule has 164 valence electrons. The predicted molar refractivity (Wildman–Crippen MR) is 108 cm³/mol. The molecule has 0 saturated heterocycles. The third-order valence-electron chi connectivity index (χ3n) is 4.48.